The van der Waals surface area contributed by atoms with Gasteiger partial charge in [0.25, 0.3) is 0 Å². The van der Waals surface area contributed by atoms with Gasteiger partial charge in [0.1, 0.15) is 0 Å². The topological polar surface area (TPSA) is 58.6 Å². The second-order valence-electron chi connectivity index (χ2n) is 7.23. The van der Waals surface area contributed by atoms with Crippen molar-refractivity contribution >= 4 is 11.9 Å². The summed E-state index contributed by atoms with van der Waals surface area (Å²) in [5.74, 6) is -0.0194. The van der Waals surface area contributed by atoms with E-state index in [0.29, 0.717) is 13.2 Å². The summed E-state index contributed by atoms with van der Waals surface area (Å²) in [6, 6.07) is 10.5. The predicted octanol–water partition coefficient (Wildman–Crippen LogP) is 2.11. The van der Waals surface area contributed by atoms with E-state index in [1.165, 1.54) is 5.56 Å². The highest BCUT2D eigenvalue weighted by atomic mass is 16.5. The molecule has 1 saturated heterocycles. The maximum atomic E-state index is 12.3. The Morgan fingerprint density at radius 1 is 1.20 bits per heavy atom. The molecule has 1 aliphatic carbocycles. The van der Waals surface area contributed by atoms with E-state index in [1.807, 2.05) is 13.0 Å². The number of nitrogens with zero attached hydrogens (tertiary/aromatic N) is 1. The summed E-state index contributed by atoms with van der Waals surface area (Å²) >= 11 is 0. The molecule has 0 atom stereocenters. The van der Waals surface area contributed by atoms with E-state index in [4.69, 9.17) is 4.74 Å². The van der Waals surface area contributed by atoms with E-state index in [9.17, 15) is 9.59 Å². The Morgan fingerprint density at radius 2 is 1.88 bits per heavy atom. The van der Waals surface area contributed by atoms with Gasteiger partial charge in [-0.15, -0.1) is 0 Å². The Morgan fingerprint density at radius 3 is 2.48 bits per heavy atom. The Kier molecular flexibility index (Phi) is 5.74. The number of esters is 1. The molecule has 5 nitrogen and oxygen atoms in total. The van der Waals surface area contributed by atoms with Gasteiger partial charge in [0, 0.05) is 12.0 Å². The second kappa shape index (κ2) is 8.00. The van der Waals surface area contributed by atoms with Gasteiger partial charge in [0.15, 0.2) is 0 Å². The molecule has 1 amide bonds. The maximum absolute atomic E-state index is 12.3. The zero-order valence-corrected chi connectivity index (χ0v) is 15.0. The first-order valence-corrected chi connectivity index (χ1v) is 9.34. The normalized spacial score (nSPS) is 20.0. The number of hydrogen-bond donors (Lipinski definition) is 1. The van der Waals surface area contributed by atoms with E-state index in [-0.39, 0.29) is 23.2 Å². The van der Waals surface area contributed by atoms with E-state index >= 15 is 0 Å². The van der Waals surface area contributed by atoms with Crippen molar-refractivity contribution in [3.05, 3.63) is 35.9 Å². The molecule has 0 aromatic heterocycles. The van der Waals surface area contributed by atoms with Crippen molar-refractivity contribution in [1.82, 2.24) is 10.2 Å². The zero-order chi connectivity index (χ0) is 17.7. The number of carbonyl (C=O) groups is 2. The van der Waals surface area contributed by atoms with Gasteiger partial charge < -0.3 is 10.1 Å². The van der Waals surface area contributed by atoms with Gasteiger partial charge in [-0.2, -0.15) is 0 Å². The summed E-state index contributed by atoms with van der Waals surface area (Å²) in [6.07, 6.45) is 3.84. The molecule has 0 bridgehead atoms. The van der Waals surface area contributed by atoms with Crippen LogP contribution in [0.1, 0.15) is 38.2 Å². The number of piperidine rings is 1. The van der Waals surface area contributed by atoms with Crippen molar-refractivity contribution in [2.45, 2.75) is 38.0 Å². The van der Waals surface area contributed by atoms with Crippen LogP contribution >= 0.6 is 0 Å². The molecule has 2 aliphatic rings. The molecule has 3 rings (SSSR count). The minimum atomic E-state index is -0.0925. The SMILES string of the molecule is CCOC(=O)C1CCN(CC(=O)NCC2(c3ccccc3)CC2)CC1. The molecule has 0 radical (unpaired) electrons. The van der Waals surface area contributed by atoms with E-state index in [2.05, 4.69) is 34.5 Å². The summed E-state index contributed by atoms with van der Waals surface area (Å²) in [5, 5.41) is 3.11. The molecule has 1 heterocycles. The fourth-order valence-corrected chi connectivity index (χ4v) is 3.62. The Balaban J connectivity index is 1.40. The number of hydrogen-bond acceptors (Lipinski definition) is 4. The molecule has 1 aromatic carbocycles. The summed E-state index contributed by atoms with van der Waals surface area (Å²) in [5.41, 5.74) is 1.47. The van der Waals surface area contributed by atoms with Crippen LogP contribution < -0.4 is 5.32 Å². The Hall–Kier alpha value is -1.88. The molecule has 1 N–H and O–H groups in total. The number of nitrogens with one attached hydrogen (secondary N) is 1. The minimum Gasteiger partial charge on any atom is -0.466 e. The molecule has 0 spiro atoms. The molecule has 1 aromatic rings. The van der Waals surface area contributed by atoms with Crippen LogP contribution in [0.2, 0.25) is 0 Å². The standard InChI is InChI=1S/C20H28N2O3/c1-2-25-19(24)16-8-12-22(13-9-16)14-18(23)21-15-20(10-11-20)17-6-4-3-5-7-17/h3-7,16H,2,8-15H2,1H3,(H,21,23). The van der Waals surface area contributed by atoms with Gasteiger partial charge in [0.05, 0.1) is 19.1 Å². The number of ether oxygens (including phenoxy) is 1. The van der Waals surface area contributed by atoms with Crippen molar-refractivity contribution in [3.63, 3.8) is 0 Å². The van der Waals surface area contributed by atoms with Crippen LogP contribution in [0.3, 0.4) is 0 Å². The third kappa shape index (κ3) is 4.60. The predicted molar refractivity (Wildman–Crippen MR) is 96.2 cm³/mol. The zero-order valence-electron chi connectivity index (χ0n) is 15.0. The average molecular weight is 344 g/mol. The quantitative estimate of drug-likeness (QED) is 0.770. The van der Waals surface area contributed by atoms with Crippen LogP contribution in [0.5, 0.6) is 0 Å². The summed E-state index contributed by atoms with van der Waals surface area (Å²) in [7, 11) is 0. The summed E-state index contributed by atoms with van der Waals surface area (Å²) in [6.45, 7) is 4.96. The highest BCUT2D eigenvalue weighted by Gasteiger charge is 2.44. The molecule has 25 heavy (non-hydrogen) atoms. The maximum Gasteiger partial charge on any atom is 0.309 e. The molecule has 5 heteroatoms. The van der Waals surface area contributed by atoms with Gasteiger partial charge in [-0.05, 0) is 51.3 Å². The van der Waals surface area contributed by atoms with Gasteiger partial charge in [0.2, 0.25) is 5.91 Å². The second-order valence-corrected chi connectivity index (χ2v) is 7.23. The highest BCUT2D eigenvalue weighted by Crippen LogP contribution is 2.47. The Labute approximate surface area is 149 Å². The largest absolute Gasteiger partial charge is 0.466 e. The molecule has 1 saturated carbocycles. The third-order valence-corrected chi connectivity index (χ3v) is 5.44. The highest BCUT2D eigenvalue weighted by molar-refractivity contribution is 5.78. The molecular formula is C20H28N2O3. The smallest absolute Gasteiger partial charge is 0.309 e. The lowest BCUT2D eigenvalue weighted by molar-refractivity contribution is -0.149. The van der Waals surface area contributed by atoms with Crippen LogP contribution in [0.15, 0.2) is 30.3 Å². The van der Waals surface area contributed by atoms with Crippen LogP contribution in [0, 0.1) is 5.92 Å². The van der Waals surface area contributed by atoms with E-state index in [0.717, 1.165) is 45.3 Å². The number of amides is 1. The van der Waals surface area contributed by atoms with Crippen LogP contribution in [-0.4, -0.2) is 49.6 Å². The van der Waals surface area contributed by atoms with Crippen LogP contribution in [0.4, 0.5) is 0 Å². The summed E-state index contributed by atoms with van der Waals surface area (Å²) < 4.78 is 5.09. The van der Waals surface area contributed by atoms with Crippen LogP contribution in [0.25, 0.3) is 0 Å². The van der Waals surface area contributed by atoms with Gasteiger partial charge in [-0.3, -0.25) is 14.5 Å². The third-order valence-electron chi connectivity index (χ3n) is 5.44. The van der Waals surface area contributed by atoms with Crippen molar-refractivity contribution in [1.29, 1.82) is 0 Å². The fraction of sp³-hybridized carbons (Fsp3) is 0.600. The molecular weight excluding hydrogens is 316 g/mol. The van der Waals surface area contributed by atoms with Crippen molar-refractivity contribution < 1.29 is 14.3 Å². The monoisotopic (exact) mass is 344 g/mol. The molecule has 2 fully saturated rings. The minimum absolute atomic E-state index is 0.00734. The number of rotatable bonds is 7. The molecule has 1 aliphatic heterocycles. The number of likely N-dealkylation sites (tertiary alicyclic amines) is 1. The lowest BCUT2D eigenvalue weighted by Crippen LogP contribution is -2.44. The lowest BCUT2D eigenvalue weighted by Gasteiger charge is -2.30. The van der Waals surface area contributed by atoms with Gasteiger partial charge >= 0.3 is 5.97 Å². The van der Waals surface area contributed by atoms with Crippen molar-refractivity contribution in [2.75, 3.05) is 32.8 Å². The first-order chi connectivity index (χ1) is 12.1. The van der Waals surface area contributed by atoms with Crippen molar-refractivity contribution in [2.24, 2.45) is 5.92 Å². The fourth-order valence-electron chi connectivity index (χ4n) is 3.62. The first-order valence-electron chi connectivity index (χ1n) is 9.34. The molecule has 0 unspecified atom stereocenters. The lowest BCUT2D eigenvalue weighted by atomic mass is 9.96. The van der Waals surface area contributed by atoms with E-state index < -0.39 is 0 Å². The number of carbonyl (C=O) groups excluding carboxylic acids is 2. The average Bonchev–Trinajstić information content (AvgIpc) is 3.43. The number of benzene rings is 1. The van der Waals surface area contributed by atoms with E-state index in [1.54, 1.807) is 0 Å². The molecule has 136 valence electrons. The first kappa shape index (κ1) is 17.9. The van der Waals surface area contributed by atoms with Gasteiger partial charge in [-0.1, -0.05) is 30.3 Å². The summed E-state index contributed by atoms with van der Waals surface area (Å²) in [4.78, 5) is 26.2. The Bertz CT molecular complexity index is 590. The van der Waals surface area contributed by atoms with Crippen molar-refractivity contribution in [3.8, 4) is 0 Å². The van der Waals surface area contributed by atoms with Gasteiger partial charge in [-0.25, -0.2) is 0 Å². The van der Waals surface area contributed by atoms with Crippen LogP contribution in [-0.2, 0) is 19.7 Å².